The van der Waals surface area contributed by atoms with Crippen molar-refractivity contribution in [3.8, 4) is 0 Å². The molecule has 3 rings (SSSR count). The van der Waals surface area contributed by atoms with E-state index in [1.54, 1.807) is 6.20 Å². The second kappa shape index (κ2) is 6.22. The van der Waals surface area contributed by atoms with Gasteiger partial charge in [-0.1, -0.05) is 18.9 Å². The molecule has 4 heteroatoms. The van der Waals surface area contributed by atoms with Crippen molar-refractivity contribution >= 4 is 22.5 Å². The summed E-state index contributed by atoms with van der Waals surface area (Å²) < 4.78 is 0. The lowest BCUT2D eigenvalue weighted by molar-refractivity contribution is -0.117. The smallest absolute Gasteiger partial charge is 0.224 e. The van der Waals surface area contributed by atoms with E-state index in [2.05, 4.69) is 10.3 Å². The van der Waals surface area contributed by atoms with E-state index in [1.165, 1.54) is 12.8 Å². The van der Waals surface area contributed by atoms with Crippen molar-refractivity contribution in [1.29, 1.82) is 0 Å². The molecule has 2 unspecified atom stereocenters. The van der Waals surface area contributed by atoms with Gasteiger partial charge in [-0.25, -0.2) is 0 Å². The zero-order chi connectivity index (χ0) is 14.7. The van der Waals surface area contributed by atoms with E-state index in [-0.39, 0.29) is 11.9 Å². The van der Waals surface area contributed by atoms with E-state index < -0.39 is 0 Å². The monoisotopic (exact) mass is 283 g/mol. The fraction of sp³-hybridized carbons (Fsp3) is 0.412. The van der Waals surface area contributed by atoms with Crippen LogP contribution >= 0.6 is 0 Å². The molecule has 0 aliphatic heterocycles. The average molecular weight is 283 g/mol. The Kier molecular flexibility index (Phi) is 4.15. The molecule has 1 fully saturated rings. The number of pyridine rings is 1. The highest BCUT2D eigenvalue weighted by Gasteiger charge is 2.24. The number of amides is 1. The van der Waals surface area contributed by atoms with E-state index in [0.717, 1.165) is 29.4 Å². The van der Waals surface area contributed by atoms with Gasteiger partial charge in [0.05, 0.1) is 5.52 Å². The summed E-state index contributed by atoms with van der Waals surface area (Å²) >= 11 is 0. The molecule has 0 radical (unpaired) electrons. The number of fused-ring (bicyclic) bond motifs is 1. The second-order valence-corrected chi connectivity index (χ2v) is 5.87. The molecular formula is C17H21N3O. The largest absolute Gasteiger partial charge is 0.327 e. The lowest BCUT2D eigenvalue weighted by Crippen LogP contribution is -2.35. The fourth-order valence-corrected chi connectivity index (χ4v) is 3.09. The van der Waals surface area contributed by atoms with Gasteiger partial charge in [0.1, 0.15) is 0 Å². The predicted molar refractivity (Wildman–Crippen MR) is 84.9 cm³/mol. The molecule has 4 nitrogen and oxygen atoms in total. The summed E-state index contributed by atoms with van der Waals surface area (Å²) in [6.07, 6.45) is 6.78. The van der Waals surface area contributed by atoms with Gasteiger partial charge in [-0.05, 0) is 43.0 Å². The quantitative estimate of drug-likeness (QED) is 0.909. The molecule has 2 atom stereocenters. The molecular weight excluding hydrogens is 262 g/mol. The Morgan fingerprint density at radius 3 is 3.00 bits per heavy atom. The Labute approximate surface area is 124 Å². The third-order valence-electron chi connectivity index (χ3n) is 4.30. The molecule has 0 bridgehead atoms. The number of carbonyl (C=O) groups is 1. The molecule has 1 aromatic heterocycles. The summed E-state index contributed by atoms with van der Waals surface area (Å²) in [4.78, 5) is 16.5. The maximum atomic E-state index is 12.2. The topological polar surface area (TPSA) is 68.0 Å². The minimum Gasteiger partial charge on any atom is -0.327 e. The molecule has 0 saturated heterocycles. The van der Waals surface area contributed by atoms with Crippen LogP contribution in [0, 0.1) is 5.92 Å². The number of nitrogens with two attached hydrogens (primary N) is 1. The molecule has 1 aliphatic carbocycles. The van der Waals surface area contributed by atoms with Gasteiger partial charge in [-0.15, -0.1) is 0 Å². The number of aromatic nitrogens is 1. The van der Waals surface area contributed by atoms with Crippen LogP contribution in [-0.2, 0) is 4.79 Å². The number of benzene rings is 1. The number of rotatable bonds is 3. The number of anilines is 1. The summed E-state index contributed by atoms with van der Waals surface area (Å²) in [7, 11) is 0. The molecule has 110 valence electrons. The van der Waals surface area contributed by atoms with Crippen molar-refractivity contribution in [2.75, 3.05) is 5.32 Å². The summed E-state index contributed by atoms with van der Waals surface area (Å²) in [5, 5.41) is 4.01. The highest BCUT2D eigenvalue weighted by molar-refractivity contribution is 5.93. The Balaban J connectivity index is 1.65. The third kappa shape index (κ3) is 3.39. The van der Waals surface area contributed by atoms with Crippen LogP contribution < -0.4 is 11.1 Å². The lowest BCUT2D eigenvalue weighted by atomic mass is 9.83. The fourth-order valence-electron chi connectivity index (χ4n) is 3.09. The summed E-state index contributed by atoms with van der Waals surface area (Å²) in [6, 6.07) is 9.85. The molecule has 21 heavy (non-hydrogen) atoms. The van der Waals surface area contributed by atoms with Gasteiger partial charge in [0, 0.05) is 29.7 Å². The highest BCUT2D eigenvalue weighted by Crippen LogP contribution is 2.26. The second-order valence-electron chi connectivity index (χ2n) is 5.87. The first-order chi connectivity index (χ1) is 10.2. The van der Waals surface area contributed by atoms with Gasteiger partial charge >= 0.3 is 0 Å². The van der Waals surface area contributed by atoms with Crippen LogP contribution in [-0.4, -0.2) is 16.9 Å². The third-order valence-corrected chi connectivity index (χ3v) is 4.30. The first kappa shape index (κ1) is 14.0. The molecule has 2 aromatic rings. The van der Waals surface area contributed by atoms with Crippen LogP contribution in [0.25, 0.3) is 10.9 Å². The van der Waals surface area contributed by atoms with E-state index in [4.69, 9.17) is 5.73 Å². The van der Waals surface area contributed by atoms with Crippen molar-refractivity contribution < 1.29 is 4.79 Å². The Morgan fingerprint density at radius 1 is 1.29 bits per heavy atom. The van der Waals surface area contributed by atoms with Crippen molar-refractivity contribution in [3.63, 3.8) is 0 Å². The standard InChI is InChI=1S/C17H21N3O/c18-15-6-2-1-4-12(15)11-17(21)20-14-7-8-16-13(10-14)5-3-9-19-16/h3,5,7-10,12,15H,1-2,4,6,11,18H2,(H,20,21). The Morgan fingerprint density at radius 2 is 2.14 bits per heavy atom. The van der Waals surface area contributed by atoms with Crippen molar-refractivity contribution in [1.82, 2.24) is 4.98 Å². The summed E-state index contributed by atoms with van der Waals surface area (Å²) in [6.45, 7) is 0. The molecule has 1 aliphatic rings. The van der Waals surface area contributed by atoms with E-state index in [9.17, 15) is 4.79 Å². The highest BCUT2D eigenvalue weighted by atomic mass is 16.1. The molecule has 3 N–H and O–H groups in total. The van der Waals surface area contributed by atoms with Gasteiger partial charge in [0.15, 0.2) is 0 Å². The maximum Gasteiger partial charge on any atom is 0.224 e. The van der Waals surface area contributed by atoms with Gasteiger partial charge in [0.2, 0.25) is 5.91 Å². The molecule has 1 aromatic carbocycles. The summed E-state index contributed by atoms with van der Waals surface area (Å²) in [5.41, 5.74) is 7.87. The van der Waals surface area contributed by atoms with Crippen LogP contribution in [0.1, 0.15) is 32.1 Å². The van der Waals surface area contributed by atoms with Crippen molar-refractivity contribution in [2.24, 2.45) is 11.7 Å². The first-order valence-electron chi connectivity index (χ1n) is 7.62. The molecule has 0 spiro atoms. The number of hydrogen-bond acceptors (Lipinski definition) is 3. The maximum absolute atomic E-state index is 12.2. The minimum absolute atomic E-state index is 0.0561. The zero-order valence-corrected chi connectivity index (χ0v) is 12.1. The Bertz CT molecular complexity index is 641. The van der Waals surface area contributed by atoms with Crippen LogP contribution in [0.4, 0.5) is 5.69 Å². The molecule has 1 heterocycles. The van der Waals surface area contributed by atoms with Gasteiger partial charge in [-0.3, -0.25) is 9.78 Å². The number of nitrogens with one attached hydrogen (secondary N) is 1. The van der Waals surface area contributed by atoms with Crippen LogP contribution in [0.5, 0.6) is 0 Å². The van der Waals surface area contributed by atoms with E-state index in [0.29, 0.717) is 12.3 Å². The van der Waals surface area contributed by atoms with Crippen LogP contribution in [0.15, 0.2) is 36.5 Å². The van der Waals surface area contributed by atoms with Gasteiger partial charge in [0.25, 0.3) is 0 Å². The minimum atomic E-state index is 0.0561. The SMILES string of the molecule is NC1CCCCC1CC(=O)Nc1ccc2ncccc2c1. The van der Waals surface area contributed by atoms with Crippen LogP contribution in [0.2, 0.25) is 0 Å². The normalized spacial score (nSPS) is 22.1. The zero-order valence-electron chi connectivity index (χ0n) is 12.1. The average Bonchev–Trinajstić information content (AvgIpc) is 2.49. The van der Waals surface area contributed by atoms with Gasteiger partial charge < -0.3 is 11.1 Å². The molecule has 1 amide bonds. The van der Waals surface area contributed by atoms with E-state index >= 15 is 0 Å². The van der Waals surface area contributed by atoms with Crippen molar-refractivity contribution in [2.45, 2.75) is 38.1 Å². The Hall–Kier alpha value is -1.94. The van der Waals surface area contributed by atoms with Crippen LogP contribution in [0.3, 0.4) is 0 Å². The molecule has 1 saturated carbocycles. The summed E-state index contributed by atoms with van der Waals surface area (Å²) in [5.74, 6) is 0.376. The van der Waals surface area contributed by atoms with E-state index in [1.807, 2.05) is 30.3 Å². The van der Waals surface area contributed by atoms with Gasteiger partial charge in [-0.2, -0.15) is 0 Å². The number of hydrogen-bond donors (Lipinski definition) is 2. The predicted octanol–water partition coefficient (Wildman–Crippen LogP) is 3.08. The number of carbonyl (C=O) groups excluding carboxylic acids is 1. The first-order valence-corrected chi connectivity index (χ1v) is 7.62. The number of nitrogens with zero attached hydrogens (tertiary/aromatic N) is 1. The lowest BCUT2D eigenvalue weighted by Gasteiger charge is -2.27. The van der Waals surface area contributed by atoms with Crippen molar-refractivity contribution in [3.05, 3.63) is 36.5 Å².